The lowest BCUT2D eigenvalue weighted by molar-refractivity contribution is -0.119. The van der Waals surface area contributed by atoms with Crippen LogP contribution in [-0.2, 0) is 9.59 Å². The van der Waals surface area contributed by atoms with Crippen molar-refractivity contribution in [3.63, 3.8) is 0 Å². The quantitative estimate of drug-likeness (QED) is 0.733. The fourth-order valence-corrected chi connectivity index (χ4v) is 1.63. The molecule has 0 heterocycles. The fourth-order valence-electron chi connectivity index (χ4n) is 1.63. The van der Waals surface area contributed by atoms with Gasteiger partial charge >= 0.3 is 0 Å². The Morgan fingerprint density at radius 2 is 1.84 bits per heavy atom. The molecule has 1 aromatic carbocycles. The van der Waals surface area contributed by atoms with Crippen LogP contribution in [0.1, 0.15) is 26.7 Å². The first-order valence-corrected chi connectivity index (χ1v) is 6.51. The van der Waals surface area contributed by atoms with E-state index < -0.39 is 0 Å². The average Bonchev–Trinajstić information content (AvgIpc) is 2.40. The second kappa shape index (κ2) is 7.53. The van der Waals surface area contributed by atoms with Gasteiger partial charge in [-0.1, -0.05) is 19.9 Å². The molecule has 0 aromatic heterocycles. The van der Waals surface area contributed by atoms with Crippen molar-refractivity contribution in [2.45, 2.75) is 26.7 Å². The third kappa shape index (κ3) is 4.71. The highest BCUT2D eigenvalue weighted by atomic mass is 16.2. The molecule has 0 aliphatic heterocycles. The molecule has 0 bridgehead atoms. The van der Waals surface area contributed by atoms with Gasteiger partial charge in [0.2, 0.25) is 11.8 Å². The minimum absolute atomic E-state index is 0.0585. The van der Waals surface area contributed by atoms with E-state index in [-0.39, 0.29) is 17.7 Å². The predicted molar refractivity (Wildman–Crippen MR) is 76.8 cm³/mol. The second-order valence-electron chi connectivity index (χ2n) is 4.31. The molecule has 0 spiro atoms. The minimum atomic E-state index is -0.186. The van der Waals surface area contributed by atoms with E-state index >= 15 is 0 Å². The van der Waals surface area contributed by atoms with Crippen LogP contribution < -0.4 is 16.4 Å². The van der Waals surface area contributed by atoms with Gasteiger partial charge in [-0.15, -0.1) is 0 Å². The van der Waals surface area contributed by atoms with Gasteiger partial charge in [-0.25, -0.2) is 0 Å². The molecule has 5 heteroatoms. The van der Waals surface area contributed by atoms with Crippen LogP contribution in [0.25, 0.3) is 0 Å². The molecule has 5 nitrogen and oxygen atoms in total. The van der Waals surface area contributed by atoms with Crippen LogP contribution in [0.3, 0.4) is 0 Å². The highest BCUT2D eigenvalue weighted by Gasteiger charge is 2.14. The first-order chi connectivity index (χ1) is 9.10. The van der Waals surface area contributed by atoms with Crippen LogP contribution in [0.15, 0.2) is 24.3 Å². The number of benzene rings is 1. The Kier molecular flexibility index (Phi) is 6.02. The van der Waals surface area contributed by atoms with E-state index in [9.17, 15) is 9.59 Å². The molecular weight excluding hydrogens is 242 g/mol. The molecule has 1 rings (SSSR count). The van der Waals surface area contributed by atoms with Crippen molar-refractivity contribution in [2.75, 3.05) is 17.2 Å². The number of nitrogens with one attached hydrogen (secondary N) is 2. The summed E-state index contributed by atoms with van der Waals surface area (Å²) in [5.41, 5.74) is 6.86. The van der Waals surface area contributed by atoms with E-state index in [2.05, 4.69) is 10.6 Å². The number of nitrogens with two attached hydrogens (primary N) is 1. The zero-order valence-electron chi connectivity index (χ0n) is 11.4. The van der Waals surface area contributed by atoms with Gasteiger partial charge in [-0.2, -0.15) is 0 Å². The van der Waals surface area contributed by atoms with Gasteiger partial charge in [-0.3, -0.25) is 9.59 Å². The topological polar surface area (TPSA) is 84.2 Å². The van der Waals surface area contributed by atoms with E-state index in [1.54, 1.807) is 31.2 Å². The summed E-state index contributed by atoms with van der Waals surface area (Å²) in [7, 11) is 0. The average molecular weight is 263 g/mol. The first kappa shape index (κ1) is 15.2. The SMILES string of the molecule is CCC(=O)Nc1cccc(NC(=O)C(CC)CN)c1. The highest BCUT2D eigenvalue weighted by molar-refractivity contribution is 5.95. The van der Waals surface area contributed by atoms with Crippen LogP contribution in [0.5, 0.6) is 0 Å². The molecule has 0 saturated heterocycles. The van der Waals surface area contributed by atoms with Crippen molar-refractivity contribution in [1.29, 1.82) is 0 Å². The van der Waals surface area contributed by atoms with Gasteiger partial charge in [-0.05, 0) is 24.6 Å². The lowest BCUT2D eigenvalue weighted by atomic mass is 10.1. The molecule has 0 fully saturated rings. The summed E-state index contributed by atoms with van der Waals surface area (Å²) in [6, 6.07) is 7.07. The lowest BCUT2D eigenvalue weighted by Crippen LogP contribution is -2.28. The summed E-state index contributed by atoms with van der Waals surface area (Å²) < 4.78 is 0. The largest absolute Gasteiger partial charge is 0.330 e. The molecule has 0 aliphatic rings. The molecule has 4 N–H and O–H groups in total. The lowest BCUT2D eigenvalue weighted by Gasteiger charge is -2.13. The van der Waals surface area contributed by atoms with Gasteiger partial charge in [0.05, 0.1) is 5.92 Å². The Hall–Kier alpha value is -1.88. The summed E-state index contributed by atoms with van der Waals surface area (Å²) in [5, 5.41) is 5.55. The highest BCUT2D eigenvalue weighted by Crippen LogP contribution is 2.16. The molecule has 0 radical (unpaired) electrons. The second-order valence-corrected chi connectivity index (χ2v) is 4.31. The molecule has 0 aliphatic carbocycles. The van der Waals surface area contributed by atoms with Crippen molar-refractivity contribution in [3.05, 3.63) is 24.3 Å². The maximum Gasteiger partial charge on any atom is 0.228 e. The van der Waals surface area contributed by atoms with Gasteiger partial charge < -0.3 is 16.4 Å². The monoisotopic (exact) mass is 263 g/mol. The Labute approximate surface area is 113 Å². The Balaban J connectivity index is 2.71. The van der Waals surface area contributed by atoms with Gasteiger partial charge in [0, 0.05) is 24.3 Å². The Morgan fingerprint density at radius 3 is 2.37 bits per heavy atom. The zero-order valence-corrected chi connectivity index (χ0v) is 11.4. The van der Waals surface area contributed by atoms with Crippen molar-refractivity contribution in [3.8, 4) is 0 Å². The molecule has 19 heavy (non-hydrogen) atoms. The molecule has 104 valence electrons. The normalized spacial score (nSPS) is 11.7. The number of carbonyl (C=O) groups excluding carboxylic acids is 2. The summed E-state index contributed by atoms with van der Waals surface area (Å²) in [5.74, 6) is -0.338. The summed E-state index contributed by atoms with van der Waals surface area (Å²) in [6.07, 6.45) is 1.12. The van der Waals surface area contributed by atoms with Crippen LogP contribution in [0.2, 0.25) is 0 Å². The third-order valence-corrected chi connectivity index (χ3v) is 2.88. The number of carbonyl (C=O) groups is 2. The minimum Gasteiger partial charge on any atom is -0.330 e. The summed E-state index contributed by atoms with van der Waals surface area (Å²) in [6.45, 7) is 4.04. The number of hydrogen-bond donors (Lipinski definition) is 3. The summed E-state index contributed by atoms with van der Waals surface area (Å²) >= 11 is 0. The molecule has 2 amide bonds. The summed E-state index contributed by atoms with van der Waals surface area (Å²) in [4.78, 5) is 23.2. The van der Waals surface area contributed by atoms with Gasteiger partial charge in [0.25, 0.3) is 0 Å². The van der Waals surface area contributed by atoms with E-state index in [4.69, 9.17) is 5.73 Å². The van der Waals surface area contributed by atoms with Crippen molar-refractivity contribution < 1.29 is 9.59 Å². The fraction of sp³-hybridized carbons (Fsp3) is 0.429. The van der Waals surface area contributed by atoms with Crippen molar-refractivity contribution >= 4 is 23.2 Å². The van der Waals surface area contributed by atoms with Crippen molar-refractivity contribution in [1.82, 2.24) is 0 Å². The molecule has 1 unspecified atom stereocenters. The zero-order chi connectivity index (χ0) is 14.3. The molecule has 0 saturated carbocycles. The maximum absolute atomic E-state index is 11.9. The number of hydrogen-bond acceptors (Lipinski definition) is 3. The number of amides is 2. The van der Waals surface area contributed by atoms with Crippen LogP contribution in [0, 0.1) is 5.92 Å². The Morgan fingerprint density at radius 1 is 1.21 bits per heavy atom. The standard InChI is InChI=1S/C14H21N3O2/c1-3-10(9-15)14(19)17-12-7-5-6-11(8-12)16-13(18)4-2/h5-8,10H,3-4,9,15H2,1-2H3,(H,16,18)(H,17,19). The predicted octanol–water partition coefficient (Wildman–Crippen LogP) is 1.96. The molecule has 1 aromatic rings. The van der Waals surface area contributed by atoms with Crippen LogP contribution in [-0.4, -0.2) is 18.4 Å². The van der Waals surface area contributed by atoms with E-state index in [1.807, 2.05) is 6.92 Å². The van der Waals surface area contributed by atoms with Crippen LogP contribution in [0.4, 0.5) is 11.4 Å². The first-order valence-electron chi connectivity index (χ1n) is 6.51. The smallest absolute Gasteiger partial charge is 0.228 e. The van der Waals surface area contributed by atoms with Crippen molar-refractivity contribution in [2.24, 2.45) is 11.7 Å². The van der Waals surface area contributed by atoms with Gasteiger partial charge in [0.15, 0.2) is 0 Å². The molecular formula is C14H21N3O2. The number of rotatable bonds is 6. The van der Waals surface area contributed by atoms with Gasteiger partial charge in [0.1, 0.15) is 0 Å². The molecule has 1 atom stereocenters. The van der Waals surface area contributed by atoms with E-state index in [1.165, 1.54) is 0 Å². The van der Waals surface area contributed by atoms with E-state index in [0.717, 1.165) is 0 Å². The third-order valence-electron chi connectivity index (χ3n) is 2.88. The Bertz CT molecular complexity index is 442. The maximum atomic E-state index is 11.9. The van der Waals surface area contributed by atoms with Crippen LogP contribution >= 0.6 is 0 Å². The van der Waals surface area contributed by atoms with E-state index in [0.29, 0.717) is 30.8 Å². The number of anilines is 2.